The zero-order valence-electron chi connectivity index (χ0n) is 14.7. The van der Waals surface area contributed by atoms with Crippen molar-refractivity contribution >= 4 is 40.9 Å². The minimum Gasteiger partial charge on any atom is -0.349 e. The zero-order chi connectivity index (χ0) is 19.5. The van der Waals surface area contributed by atoms with Crippen molar-refractivity contribution in [1.82, 2.24) is 15.3 Å². The predicted octanol–water partition coefficient (Wildman–Crippen LogP) is 3.85. The van der Waals surface area contributed by atoms with Gasteiger partial charge in [0.05, 0.1) is 29.4 Å². The molecule has 8 heteroatoms. The van der Waals surface area contributed by atoms with Gasteiger partial charge in [-0.05, 0) is 23.8 Å². The number of thioether (sulfide) groups is 1. The van der Waals surface area contributed by atoms with Gasteiger partial charge in [0, 0.05) is 16.3 Å². The van der Waals surface area contributed by atoms with Crippen LogP contribution in [0.2, 0.25) is 5.02 Å². The van der Waals surface area contributed by atoms with Crippen LogP contribution in [-0.2, 0) is 16.1 Å². The van der Waals surface area contributed by atoms with Gasteiger partial charge in [0.1, 0.15) is 5.82 Å². The highest BCUT2D eigenvalue weighted by Crippen LogP contribution is 2.38. The second-order valence-corrected chi connectivity index (χ2v) is 8.01. The first-order valence-corrected chi connectivity index (χ1v) is 9.97. The molecule has 0 bridgehead atoms. The third-order valence-corrected chi connectivity index (χ3v) is 5.81. The molecule has 3 N–H and O–H groups in total. The molecule has 2 amide bonds. The maximum Gasteiger partial charge on any atom is 0.238 e. The molecular formula is C20H17ClN4O2S. The standard InChI is InChI=1S/C20H17ClN4O2S/c21-13-6-7-16-14(8-13)25-20(27)17(28-16)9-19(26)23-11-18-22-10-15(24-18)12-4-2-1-3-5-12/h1-8,10,17H,9,11H2,(H,22,24)(H,23,26)(H,25,27)/t17-/m0/s1. The van der Waals surface area contributed by atoms with Crippen LogP contribution in [0.25, 0.3) is 11.3 Å². The average Bonchev–Trinajstić information content (AvgIpc) is 3.17. The highest BCUT2D eigenvalue weighted by molar-refractivity contribution is 8.01. The van der Waals surface area contributed by atoms with Gasteiger partial charge in [-0.15, -0.1) is 11.8 Å². The number of nitrogens with zero attached hydrogens (tertiary/aromatic N) is 1. The molecule has 1 aliphatic rings. The molecule has 1 atom stereocenters. The van der Waals surface area contributed by atoms with Gasteiger partial charge in [0.2, 0.25) is 11.8 Å². The van der Waals surface area contributed by atoms with Crippen molar-refractivity contribution in [2.75, 3.05) is 5.32 Å². The van der Waals surface area contributed by atoms with Crippen LogP contribution in [0.15, 0.2) is 59.6 Å². The first-order valence-electron chi connectivity index (χ1n) is 8.71. The topological polar surface area (TPSA) is 86.9 Å². The molecule has 0 saturated heterocycles. The Balaban J connectivity index is 1.33. The van der Waals surface area contributed by atoms with Crippen molar-refractivity contribution in [2.45, 2.75) is 23.1 Å². The minimum atomic E-state index is -0.481. The molecule has 0 aliphatic carbocycles. The number of carbonyl (C=O) groups excluding carboxylic acids is 2. The van der Waals surface area contributed by atoms with Gasteiger partial charge in [-0.25, -0.2) is 4.98 Å². The second kappa shape index (κ2) is 8.08. The molecule has 28 heavy (non-hydrogen) atoms. The Morgan fingerprint density at radius 1 is 1.21 bits per heavy atom. The Labute approximate surface area is 171 Å². The van der Waals surface area contributed by atoms with E-state index in [1.807, 2.05) is 36.4 Å². The molecule has 0 unspecified atom stereocenters. The van der Waals surface area contributed by atoms with Crippen LogP contribution in [0, 0.1) is 0 Å². The number of hydrogen-bond acceptors (Lipinski definition) is 4. The SMILES string of the molecule is O=C(C[C@@H]1Sc2ccc(Cl)cc2NC1=O)NCc1ncc(-c2ccccc2)[nH]1. The number of rotatable bonds is 5. The number of nitrogens with one attached hydrogen (secondary N) is 3. The van der Waals surface area contributed by atoms with Gasteiger partial charge in [0.25, 0.3) is 0 Å². The molecular weight excluding hydrogens is 396 g/mol. The Hall–Kier alpha value is -2.77. The van der Waals surface area contributed by atoms with Gasteiger partial charge in [0.15, 0.2) is 0 Å². The Bertz CT molecular complexity index is 1020. The fourth-order valence-corrected chi connectivity index (χ4v) is 4.16. The van der Waals surface area contributed by atoms with Crippen molar-refractivity contribution in [3.63, 3.8) is 0 Å². The van der Waals surface area contributed by atoms with E-state index in [2.05, 4.69) is 20.6 Å². The highest BCUT2D eigenvalue weighted by Gasteiger charge is 2.29. The quantitative estimate of drug-likeness (QED) is 0.594. The van der Waals surface area contributed by atoms with Crippen LogP contribution >= 0.6 is 23.4 Å². The average molecular weight is 413 g/mol. The molecule has 0 spiro atoms. The van der Waals surface area contributed by atoms with Crippen molar-refractivity contribution in [3.8, 4) is 11.3 Å². The second-order valence-electron chi connectivity index (χ2n) is 6.33. The zero-order valence-corrected chi connectivity index (χ0v) is 16.3. The molecule has 0 radical (unpaired) electrons. The molecule has 0 saturated carbocycles. The van der Waals surface area contributed by atoms with Gasteiger partial charge in [-0.3, -0.25) is 9.59 Å². The number of aromatic amines is 1. The van der Waals surface area contributed by atoms with E-state index >= 15 is 0 Å². The fraction of sp³-hybridized carbons (Fsp3) is 0.150. The number of aromatic nitrogens is 2. The molecule has 2 heterocycles. The Kier molecular flexibility index (Phi) is 5.36. The lowest BCUT2D eigenvalue weighted by Crippen LogP contribution is -2.34. The lowest BCUT2D eigenvalue weighted by molar-refractivity contribution is -0.124. The number of benzene rings is 2. The van der Waals surface area contributed by atoms with E-state index in [1.54, 1.807) is 18.3 Å². The van der Waals surface area contributed by atoms with Gasteiger partial charge in [-0.2, -0.15) is 0 Å². The minimum absolute atomic E-state index is 0.0881. The largest absolute Gasteiger partial charge is 0.349 e. The predicted molar refractivity (Wildman–Crippen MR) is 110 cm³/mol. The number of fused-ring (bicyclic) bond motifs is 1. The first kappa shape index (κ1) is 18.6. The van der Waals surface area contributed by atoms with Crippen LogP contribution in [0.4, 0.5) is 5.69 Å². The summed E-state index contributed by atoms with van der Waals surface area (Å²) in [4.78, 5) is 33.0. The molecule has 142 valence electrons. The van der Waals surface area contributed by atoms with Crippen molar-refractivity contribution in [2.24, 2.45) is 0 Å². The summed E-state index contributed by atoms with van der Waals surface area (Å²) >= 11 is 7.32. The van der Waals surface area contributed by atoms with Gasteiger partial charge < -0.3 is 15.6 Å². The molecule has 0 fully saturated rings. The van der Waals surface area contributed by atoms with E-state index in [4.69, 9.17) is 11.6 Å². The molecule has 1 aliphatic heterocycles. The Morgan fingerprint density at radius 3 is 2.86 bits per heavy atom. The van der Waals surface area contributed by atoms with Crippen molar-refractivity contribution in [1.29, 1.82) is 0 Å². The summed E-state index contributed by atoms with van der Waals surface area (Å²) in [6.45, 7) is 0.275. The summed E-state index contributed by atoms with van der Waals surface area (Å²) in [7, 11) is 0. The maximum absolute atomic E-state index is 12.3. The van der Waals surface area contributed by atoms with Crippen molar-refractivity contribution < 1.29 is 9.59 Å². The lowest BCUT2D eigenvalue weighted by atomic mass is 10.2. The smallest absolute Gasteiger partial charge is 0.238 e. The molecule has 2 aromatic carbocycles. The van der Waals surface area contributed by atoms with E-state index in [9.17, 15) is 9.59 Å². The van der Waals surface area contributed by atoms with E-state index in [1.165, 1.54) is 11.8 Å². The third-order valence-electron chi connectivity index (χ3n) is 4.30. The molecule has 3 aromatic rings. The van der Waals surface area contributed by atoms with E-state index in [-0.39, 0.29) is 24.8 Å². The van der Waals surface area contributed by atoms with Gasteiger partial charge >= 0.3 is 0 Å². The third kappa shape index (κ3) is 4.21. The van der Waals surface area contributed by atoms with Crippen molar-refractivity contribution in [3.05, 3.63) is 65.6 Å². The maximum atomic E-state index is 12.3. The van der Waals surface area contributed by atoms with Crippen LogP contribution < -0.4 is 10.6 Å². The summed E-state index contributed by atoms with van der Waals surface area (Å²) in [5.41, 5.74) is 2.60. The summed E-state index contributed by atoms with van der Waals surface area (Å²) in [6.07, 6.45) is 1.83. The number of carbonyl (C=O) groups is 2. The lowest BCUT2D eigenvalue weighted by Gasteiger charge is -2.23. The summed E-state index contributed by atoms with van der Waals surface area (Å²) in [6, 6.07) is 15.2. The number of imidazole rings is 1. The van der Waals surface area contributed by atoms with Crippen LogP contribution in [0.1, 0.15) is 12.2 Å². The van der Waals surface area contributed by atoms with Crippen LogP contribution in [0.3, 0.4) is 0 Å². The summed E-state index contributed by atoms with van der Waals surface area (Å²) in [5, 5.41) is 5.70. The number of hydrogen-bond donors (Lipinski definition) is 3. The number of halogens is 1. The van der Waals surface area contributed by atoms with E-state index < -0.39 is 5.25 Å². The number of anilines is 1. The van der Waals surface area contributed by atoms with Crippen LogP contribution in [-0.4, -0.2) is 27.0 Å². The van der Waals surface area contributed by atoms with Gasteiger partial charge in [-0.1, -0.05) is 41.9 Å². The van der Waals surface area contributed by atoms with Crippen LogP contribution in [0.5, 0.6) is 0 Å². The fourth-order valence-electron chi connectivity index (χ4n) is 2.90. The first-order chi connectivity index (χ1) is 13.6. The Morgan fingerprint density at radius 2 is 2.04 bits per heavy atom. The number of amides is 2. The number of H-pyrrole nitrogens is 1. The normalized spacial score (nSPS) is 15.6. The highest BCUT2D eigenvalue weighted by atomic mass is 35.5. The summed E-state index contributed by atoms with van der Waals surface area (Å²) < 4.78 is 0. The van der Waals surface area contributed by atoms with E-state index in [0.29, 0.717) is 16.5 Å². The summed E-state index contributed by atoms with van der Waals surface area (Å²) in [5.74, 6) is 0.259. The molecule has 1 aromatic heterocycles. The monoisotopic (exact) mass is 412 g/mol. The molecule has 6 nitrogen and oxygen atoms in total. The molecule has 4 rings (SSSR count). The van der Waals surface area contributed by atoms with E-state index in [0.717, 1.165) is 16.2 Å².